The van der Waals surface area contributed by atoms with E-state index in [1.165, 1.54) is 6.08 Å². The number of benzene rings is 1. The van der Waals surface area contributed by atoms with Gasteiger partial charge >= 0.3 is 0 Å². The van der Waals surface area contributed by atoms with Crippen LogP contribution < -0.4 is 4.74 Å². The van der Waals surface area contributed by atoms with Crippen LogP contribution in [-0.4, -0.2) is 11.8 Å². The zero-order valence-corrected chi connectivity index (χ0v) is 15.6. The van der Waals surface area contributed by atoms with Gasteiger partial charge < -0.3 is 4.74 Å². The second-order valence-electron chi connectivity index (χ2n) is 6.94. The van der Waals surface area contributed by atoms with E-state index in [9.17, 15) is 17.6 Å². The Morgan fingerprint density at radius 3 is 2.58 bits per heavy atom. The highest BCUT2D eigenvalue weighted by Gasteiger charge is 2.49. The number of allylic oxidation sites excluding steroid dienone is 8. The van der Waals surface area contributed by atoms with Gasteiger partial charge in [0.05, 0.1) is 10.4 Å². The third kappa shape index (κ3) is 2.34. The standard InChI is InChI=1S/C20H15BrF4O/c1-9-7-10(8-13-14(9)11-5-3-4-6-12(11)26-13)15-16(22)17(23)18(21)20(2,25)19(15)24/h3-9,14,19H,1-2H3. The highest BCUT2D eigenvalue weighted by molar-refractivity contribution is 9.11. The van der Waals surface area contributed by atoms with E-state index >= 15 is 0 Å². The number of rotatable bonds is 1. The molecule has 1 aromatic carbocycles. The minimum Gasteiger partial charge on any atom is -0.461 e. The van der Waals surface area contributed by atoms with Crippen molar-refractivity contribution >= 4 is 15.9 Å². The summed E-state index contributed by atoms with van der Waals surface area (Å²) >= 11 is 2.64. The first kappa shape index (κ1) is 17.6. The molecule has 1 heterocycles. The average molecular weight is 427 g/mol. The topological polar surface area (TPSA) is 9.23 Å². The molecule has 0 fully saturated rings. The van der Waals surface area contributed by atoms with Crippen LogP contribution in [-0.2, 0) is 0 Å². The normalized spacial score (nSPS) is 33.4. The quantitative estimate of drug-likeness (QED) is 0.465. The lowest BCUT2D eigenvalue weighted by Crippen LogP contribution is -2.38. The van der Waals surface area contributed by atoms with Crippen LogP contribution in [0.1, 0.15) is 25.3 Å². The lowest BCUT2D eigenvalue weighted by Gasteiger charge is -2.33. The first-order chi connectivity index (χ1) is 12.2. The van der Waals surface area contributed by atoms with Gasteiger partial charge in [-0.3, -0.25) is 0 Å². The summed E-state index contributed by atoms with van der Waals surface area (Å²) in [5.41, 5.74) is -2.21. The summed E-state index contributed by atoms with van der Waals surface area (Å²) in [5.74, 6) is -1.82. The molecule has 0 saturated heterocycles. The molecule has 4 unspecified atom stereocenters. The highest BCUT2D eigenvalue weighted by Crippen LogP contribution is 2.52. The number of ether oxygens (including phenoxy) is 1. The fraction of sp³-hybridized carbons (Fsp3) is 0.300. The summed E-state index contributed by atoms with van der Waals surface area (Å²) in [6.45, 7) is 2.77. The minimum atomic E-state index is -2.69. The van der Waals surface area contributed by atoms with Crippen molar-refractivity contribution in [3.8, 4) is 5.75 Å². The molecule has 2 aliphatic carbocycles. The smallest absolute Gasteiger partial charge is 0.177 e. The van der Waals surface area contributed by atoms with Crippen molar-refractivity contribution in [2.45, 2.75) is 31.6 Å². The van der Waals surface area contributed by atoms with Gasteiger partial charge in [0.15, 0.2) is 23.5 Å². The Morgan fingerprint density at radius 2 is 1.85 bits per heavy atom. The summed E-state index contributed by atoms with van der Waals surface area (Å²) in [5, 5.41) is 0. The molecule has 0 spiro atoms. The number of alkyl halides is 2. The number of hydrogen-bond donors (Lipinski definition) is 0. The van der Waals surface area contributed by atoms with Crippen LogP contribution in [0.2, 0.25) is 0 Å². The maximum Gasteiger partial charge on any atom is 0.177 e. The Balaban J connectivity index is 1.82. The zero-order chi connectivity index (χ0) is 18.8. The first-order valence-corrected chi connectivity index (χ1v) is 9.02. The predicted molar refractivity (Wildman–Crippen MR) is 94.7 cm³/mol. The Bertz CT molecular complexity index is 925. The van der Waals surface area contributed by atoms with Crippen molar-refractivity contribution in [1.82, 2.24) is 0 Å². The predicted octanol–water partition coefficient (Wildman–Crippen LogP) is 6.50. The van der Waals surface area contributed by atoms with Gasteiger partial charge in [-0.15, -0.1) is 0 Å². The monoisotopic (exact) mass is 426 g/mol. The van der Waals surface area contributed by atoms with E-state index in [0.717, 1.165) is 12.5 Å². The molecule has 1 aliphatic heterocycles. The van der Waals surface area contributed by atoms with Crippen molar-refractivity contribution in [3.63, 3.8) is 0 Å². The van der Waals surface area contributed by atoms with Crippen LogP contribution in [0.25, 0.3) is 0 Å². The van der Waals surface area contributed by atoms with Gasteiger partial charge in [-0.2, -0.15) is 0 Å². The molecule has 0 N–H and O–H groups in total. The average Bonchev–Trinajstić information content (AvgIpc) is 2.98. The molecule has 0 amide bonds. The Kier molecular flexibility index (Phi) is 3.95. The van der Waals surface area contributed by atoms with Gasteiger partial charge in [0.25, 0.3) is 0 Å². The minimum absolute atomic E-state index is 0.0795. The molecule has 3 aliphatic rings. The summed E-state index contributed by atoms with van der Waals surface area (Å²) in [7, 11) is 0. The number of para-hydroxylation sites is 1. The third-order valence-electron chi connectivity index (χ3n) is 5.15. The van der Waals surface area contributed by atoms with Crippen molar-refractivity contribution in [1.29, 1.82) is 0 Å². The fourth-order valence-electron chi connectivity index (χ4n) is 3.78. The molecule has 4 rings (SSSR count). The Morgan fingerprint density at radius 1 is 1.15 bits per heavy atom. The summed E-state index contributed by atoms with van der Waals surface area (Å²) in [4.78, 5) is 0. The molecular weight excluding hydrogens is 412 g/mol. The van der Waals surface area contributed by atoms with Gasteiger partial charge in [-0.05, 0) is 46.5 Å². The SMILES string of the molecule is CC1C=C(C2=C(F)C(F)=C(Br)C(C)(F)C2F)C=C2Oc3ccccc3C21. The molecule has 0 bridgehead atoms. The molecular formula is C20H15BrF4O. The fourth-order valence-corrected chi connectivity index (χ4v) is 4.15. The van der Waals surface area contributed by atoms with E-state index in [1.54, 1.807) is 6.08 Å². The lowest BCUT2D eigenvalue weighted by molar-refractivity contribution is 0.126. The zero-order valence-electron chi connectivity index (χ0n) is 14.0. The van der Waals surface area contributed by atoms with Crippen LogP contribution in [0.3, 0.4) is 0 Å². The maximum atomic E-state index is 14.8. The number of hydrogen-bond acceptors (Lipinski definition) is 1. The van der Waals surface area contributed by atoms with Crippen LogP contribution in [0.15, 0.2) is 69.5 Å². The molecule has 26 heavy (non-hydrogen) atoms. The largest absolute Gasteiger partial charge is 0.461 e. The van der Waals surface area contributed by atoms with E-state index in [4.69, 9.17) is 4.74 Å². The van der Waals surface area contributed by atoms with Crippen LogP contribution >= 0.6 is 15.9 Å². The molecule has 136 valence electrons. The second-order valence-corrected chi connectivity index (χ2v) is 7.73. The highest BCUT2D eigenvalue weighted by atomic mass is 79.9. The van der Waals surface area contributed by atoms with E-state index in [-0.39, 0.29) is 17.4 Å². The molecule has 1 aromatic rings. The molecule has 0 saturated carbocycles. The van der Waals surface area contributed by atoms with E-state index in [2.05, 4.69) is 15.9 Å². The Labute approximate surface area is 156 Å². The number of halogens is 5. The van der Waals surface area contributed by atoms with Crippen LogP contribution in [0, 0.1) is 5.92 Å². The van der Waals surface area contributed by atoms with Gasteiger partial charge in [-0.25, -0.2) is 17.6 Å². The first-order valence-electron chi connectivity index (χ1n) is 8.22. The van der Waals surface area contributed by atoms with Crippen molar-refractivity contribution < 1.29 is 22.3 Å². The maximum absolute atomic E-state index is 14.8. The van der Waals surface area contributed by atoms with Crippen LogP contribution in [0.4, 0.5) is 17.6 Å². The van der Waals surface area contributed by atoms with Gasteiger partial charge in [0.2, 0.25) is 0 Å². The molecule has 4 atom stereocenters. The van der Waals surface area contributed by atoms with Gasteiger partial charge in [0.1, 0.15) is 11.5 Å². The molecule has 6 heteroatoms. The Hall–Kier alpha value is -1.82. The number of fused-ring (bicyclic) bond motifs is 3. The second kappa shape index (κ2) is 5.84. The summed E-state index contributed by atoms with van der Waals surface area (Å²) in [6, 6.07) is 7.48. The van der Waals surface area contributed by atoms with Crippen LogP contribution in [0.5, 0.6) is 5.75 Å². The summed E-state index contributed by atoms with van der Waals surface area (Å²) in [6.07, 6.45) is 0.783. The lowest BCUT2D eigenvalue weighted by atomic mass is 9.77. The van der Waals surface area contributed by atoms with Gasteiger partial charge in [-0.1, -0.05) is 31.2 Å². The molecule has 0 aromatic heterocycles. The van der Waals surface area contributed by atoms with Crippen molar-refractivity contribution in [2.24, 2.45) is 5.92 Å². The van der Waals surface area contributed by atoms with Crippen molar-refractivity contribution in [2.75, 3.05) is 0 Å². The van der Waals surface area contributed by atoms with Crippen molar-refractivity contribution in [3.05, 3.63) is 75.0 Å². The third-order valence-corrected chi connectivity index (χ3v) is 6.27. The van der Waals surface area contributed by atoms with E-state index < -0.39 is 33.5 Å². The van der Waals surface area contributed by atoms with E-state index in [1.807, 2.05) is 31.2 Å². The van der Waals surface area contributed by atoms with Gasteiger partial charge in [0, 0.05) is 11.1 Å². The molecule has 0 radical (unpaired) electrons. The van der Waals surface area contributed by atoms with E-state index in [0.29, 0.717) is 11.5 Å². The summed E-state index contributed by atoms with van der Waals surface area (Å²) < 4.78 is 63.2. The molecule has 1 nitrogen and oxygen atoms in total.